The molecule has 0 spiro atoms. The number of carbonyl (C=O) groups excluding carboxylic acids is 2. The molecule has 4 rings (SSSR count). The first-order chi connectivity index (χ1) is 23.1. The molecule has 2 atom stereocenters. The molecule has 1 saturated heterocycles. The smallest absolute Gasteiger partial charge is 0.418 e. The predicted molar refractivity (Wildman–Crippen MR) is 175 cm³/mol. The maximum absolute atomic E-state index is 13.3. The molecular weight excluding hydrogens is 684 g/mol. The summed E-state index contributed by atoms with van der Waals surface area (Å²) in [4.78, 5) is 47.2. The number of ether oxygens (including phenoxy) is 1. The Kier molecular flexibility index (Phi) is 12.1. The molecule has 0 radical (unpaired) electrons. The first-order valence-electron chi connectivity index (χ1n) is 15.0. The van der Waals surface area contributed by atoms with E-state index in [0.717, 1.165) is 48.5 Å². The van der Waals surface area contributed by atoms with E-state index in [4.69, 9.17) is 25.6 Å². The highest BCUT2D eigenvalue weighted by atomic mass is 32.3. The van der Waals surface area contributed by atoms with E-state index in [-0.39, 0.29) is 10.8 Å². The van der Waals surface area contributed by atoms with E-state index in [9.17, 15) is 27.9 Å². The third kappa shape index (κ3) is 9.58. The number of carbonyl (C=O) groups is 3. The van der Waals surface area contributed by atoms with Crippen LogP contribution in [0.3, 0.4) is 0 Å². The van der Waals surface area contributed by atoms with Crippen molar-refractivity contribution < 1.29 is 51.0 Å². The van der Waals surface area contributed by atoms with Crippen LogP contribution in [0, 0.1) is 5.92 Å². The minimum Gasteiger partial charge on any atom is -0.489 e. The van der Waals surface area contributed by atoms with Crippen LogP contribution >= 0.6 is 11.3 Å². The molecule has 0 bridgehead atoms. The molecule has 49 heavy (non-hydrogen) atoms. The van der Waals surface area contributed by atoms with Crippen molar-refractivity contribution in [3.8, 4) is 16.9 Å². The molecule has 0 aliphatic carbocycles. The summed E-state index contributed by atoms with van der Waals surface area (Å²) >= 11 is 0.990. The largest absolute Gasteiger partial charge is 0.489 e. The van der Waals surface area contributed by atoms with Crippen LogP contribution in [0.15, 0.2) is 47.2 Å². The summed E-state index contributed by atoms with van der Waals surface area (Å²) in [7, 11) is -3.04. The summed E-state index contributed by atoms with van der Waals surface area (Å²) < 4.78 is 45.3. The van der Waals surface area contributed by atoms with Crippen molar-refractivity contribution in [3.05, 3.63) is 47.7 Å². The Balaban J connectivity index is 1.40. The van der Waals surface area contributed by atoms with Gasteiger partial charge in [0.1, 0.15) is 18.1 Å². The lowest BCUT2D eigenvalue weighted by Crippen LogP contribution is -2.68. The summed E-state index contributed by atoms with van der Waals surface area (Å²) in [5.74, 6) is -3.78. The second-order valence-corrected chi connectivity index (χ2v) is 13.5. The van der Waals surface area contributed by atoms with E-state index < -0.39 is 64.4 Å². The highest BCUT2D eigenvalue weighted by Crippen LogP contribution is 2.40. The lowest BCUT2D eigenvalue weighted by molar-refractivity contribution is -0.753. The lowest BCUT2D eigenvalue weighted by atomic mass is 9.74. The number of carboxylic acids is 1. The number of anilines is 1. The van der Waals surface area contributed by atoms with E-state index in [1.165, 1.54) is 19.2 Å². The third-order valence-electron chi connectivity index (χ3n) is 7.68. The van der Waals surface area contributed by atoms with E-state index >= 15 is 0 Å². The number of Topliss-reactive ketones (excluding diaryl/α,β-unsaturated/α-hetero) is 1. The fourth-order valence-corrected chi connectivity index (χ4v) is 5.99. The van der Waals surface area contributed by atoms with Gasteiger partial charge in [0.15, 0.2) is 23.7 Å². The summed E-state index contributed by atoms with van der Waals surface area (Å²) in [6.45, 7) is 5.43. The molecule has 1 aliphatic rings. The van der Waals surface area contributed by atoms with Crippen LogP contribution < -0.4 is 26.2 Å². The van der Waals surface area contributed by atoms with E-state index in [1.54, 1.807) is 12.1 Å². The number of nitrogens with zero attached hydrogens (tertiary/aromatic N) is 5. The summed E-state index contributed by atoms with van der Waals surface area (Å²) in [5, 5.41) is 18.8. The number of thiazole rings is 1. The number of hydrogen-bond acceptors (Lipinski definition) is 14. The van der Waals surface area contributed by atoms with Crippen molar-refractivity contribution >= 4 is 50.2 Å². The van der Waals surface area contributed by atoms with Gasteiger partial charge in [-0.3, -0.25) is 14.1 Å². The number of carboxylic acid groups (broad SMARTS) is 1. The molecule has 0 saturated carbocycles. The zero-order chi connectivity index (χ0) is 35.9. The number of nitrogens with one attached hydrogen (secondary N) is 1. The average Bonchev–Trinajstić information content (AvgIpc) is 3.64. The molecule has 1 fully saturated rings. The van der Waals surface area contributed by atoms with Crippen LogP contribution in [0.4, 0.5) is 5.13 Å². The first kappa shape index (κ1) is 37.4. The minimum atomic E-state index is -4.99. The Labute approximate surface area is 286 Å². The molecule has 1 amide bonds. The second kappa shape index (κ2) is 15.8. The Morgan fingerprint density at radius 2 is 1.94 bits per heavy atom. The van der Waals surface area contributed by atoms with Crippen LogP contribution in [0.1, 0.15) is 32.4 Å². The highest BCUT2D eigenvalue weighted by molar-refractivity contribution is 7.80. The maximum Gasteiger partial charge on any atom is 0.418 e. The summed E-state index contributed by atoms with van der Waals surface area (Å²) in [5.41, 5.74) is 11.4. The number of amides is 1. The van der Waals surface area contributed by atoms with Crippen LogP contribution in [-0.2, 0) is 47.5 Å². The number of aliphatic carboxylic acids is 1. The lowest BCUT2D eigenvalue weighted by Gasteiger charge is -2.50. The van der Waals surface area contributed by atoms with Crippen molar-refractivity contribution in [1.82, 2.24) is 20.0 Å². The molecule has 1 aromatic carbocycles. The molecule has 7 N–H and O–H groups in total. The normalized spacial score (nSPS) is 16.7. The summed E-state index contributed by atoms with van der Waals surface area (Å²) in [6.07, 6.45) is 2.82. The van der Waals surface area contributed by atoms with Crippen LogP contribution in [0.25, 0.3) is 11.1 Å². The average molecular weight is 724 g/mol. The molecule has 1 aliphatic heterocycles. The predicted octanol–water partition coefficient (Wildman–Crippen LogP) is 0.140. The standard InChI is InChI=1S/C29H38N8O10S2/c1-29(2)21(26(39)37(29)47-49(42,43)44)13-23(38)25(22-17-48-28(31)33-22)34-46-24(27(40)41)16-45-20-7-5-18(6-8-20)19-14-35(3)36(15-19)12-4-10-32-11-9-30/h5-8,14-15,17,21,24,32H,4,9-13,16,30H2,1-3H3,(H3-,31,33,40,41,42,43,44)/p+1/b34-25+/t21?,24-/m0/s1. The molecule has 1 unspecified atom stereocenters. The number of nitrogen functional groups attached to an aromatic ring is 1. The molecule has 3 heterocycles. The van der Waals surface area contributed by atoms with Gasteiger partial charge in [0.05, 0.1) is 29.8 Å². The number of benzene rings is 1. The molecule has 266 valence electrons. The van der Waals surface area contributed by atoms with Gasteiger partial charge in [-0.25, -0.2) is 9.78 Å². The molecule has 18 nitrogen and oxygen atoms in total. The van der Waals surface area contributed by atoms with Gasteiger partial charge in [-0.05, 0) is 44.5 Å². The van der Waals surface area contributed by atoms with Crippen molar-refractivity contribution in [3.63, 3.8) is 0 Å². The minimum absolute atomic E-state index is 0.0192. The third-order valence-corrected chi connectivity index (χ3v) is 8.69. The molecule has 20 heteroatoms. The molecule has 3 aromatic rings. The fourth-order valence-electron chi connectivity index (χ4n) is 4.99. The number of hydrogen-bond donors (Lipinski definition) is 5. The number of aryl methyl sites for hydroxylation is 2. The van der Waals surface area contributed by atoms with Gasteiger partial charge >= 0.3 is 16.4 Å². The first-order valence-corrected chi connectivity index (χ1v) is 17.3. The summed E-state index contributed by atoms with van der Waals surface area (Å²) in [6, 6.07) is 7.04. The maximum atomic E-state index is 13.3. The molecular formula is C29H39N8O10S2+. The van der Waals surface area contributed by atoms with Gasteiger partial charge in [0.2, 0.25) is 6.20 Å². The van der Waals surface area contributed by atoms with E-state index in [1.807, 2.05) is 36.3 Å². The number of ketones is 1. The zero-order valence-corrected chi connectivity index (χ0v) is 28.6. The number of β-lactam (4-membered cyclic amide) rings is 1. The van der Waals surface area contributed by atoms with E-state index in [0.29, 0.717) is 17.4 Å². The number of oxime groups is 1. The van der Waals surface area contributed by atoms with Gasteiger partial charge in [-0.15, -0.1) is 20.3 Å². The highest BCUT2D eigenvalue weighted by Gasteiger charge is 2.57. The van der Waals surface area contributed by atoms with Crippen LogP contribution in [0.5, 0.6) is 5.75 Å². The molecule has 2 aromatic heterocycles. The Morgan fingerprint density at radius 3 is 2.53 bits per heavy atom. The van der Waals surface area contributed by atoms with Gasteiger partial charge in [-0.1, -0.05) is 17.3 Å². The van der Waals surface area contributed by atoms with Crippen molar-refractivity contribution in [2.75, 3.05) is 32.0 Å². The Bertz CT molecular complexity index is 1790. The number of nitrogens with two attached hydrogens (primary N) is 2. The van der Waals surface area contributed by atoms with Crippen LogP contribution in [-0.4, -0.2) is 94.1 Å². The van der Waals surface area contributed by atoms with Gasteiger partial charge in [0.25, 0.3) is 12.0 Å². The Morgan fingerprint density at radius 1 is 1.22 bits per heavy atom. The second-order valence-electron chi connectivity index (χ2n) is 11.6. The quantitative estimate of drug-likeness (QED) is 0.0276. The number of rotatable bonds is 19. The monoisotopic (exact) mass is 723 g/mol. The number of hydroxylamine groups is 2. The van der Waals surface area contributed by atoms with Gasteiger partial charge < -0.3 is 31.5 Å². The van der Waals surface area contributed by atoms with Crippen molar-refractivity contribution in [1.29, 1.82) is 0 Å². The Hall–Kier alpha value is -4.47. The van der Waals surface area contributed by atoms with Crippen molar-refractivity contribution in [2.45, 2.75) is 44.9 Å². The topological polar surface area (TPSA) is 255 Å². The van der Waals surface area contributed by atoms with Gasteiger partial charge in [-0.2, -0.15) is 18.2 Å². The van der Waals surface area contributed by atoms with Gasteiger partial charge in [0, 0.05) is 24.9 Å². The zero-order valence-electron chi connectivity index (χ0n) is 27.0. The van der Waals surface area contributed by atoms with Crippen LogP contribution in [0.2, 0.25) is 0 Å². The van der Waals surface area contributed by atoms with Crippen molar-refractivity contribution in [2.24, 2.45) is 23.9 Å². The fraction of sp³-hybridized carbons (Fsp3) is 0.448. The van der Waals surface area contributed by atoms with E-state index in [2.05, 4.69) is 24.4 Å². The number of aromatic nitrogens is 3. The SMILES string of the molecule is C[n+]1cc(-c2ccc(OC[C@H](O/N=C(/C(=O)CC3C(=O)N(OS(=O)(=O)O)C3(C)C)c3csc(N)n3)C(=O)O)cc2)cn1CCCNCCN.